The smallest absolute Gasteiger partial charge is 0.160 e. The van der Waals surface area contributed by atoms with Gasteiger partial charge in [-0.25, -0.2) is 0 Å². The number of ether oxygens (including phenoxy) is 1. The Morgan fingerprint density at radius 3 is 2.46 bits per heavy atom. The van der Waals surface area contributed by atoms with Crippen molar-refractivity contribution in [2.75, 3.05) is 7.11 Å². The third kappa shape index (κ3) is 6.86. The number of phenols is 1. The maximum Gasteiger partial charge on any atom is 0.160 e. The van der Waals surface area contributed by atoms with Gasteiger partial charge in [0.05, 0.1) is 13.2 Å². The van der Waals surface area contributed by atoms with Crippen molar-refractivity contribution in [2.45, 2.75) is 138 Å². The number of aryl methyl sites for hydroxylation is 1. The molecule has 41 heavy (non-hydrogen) atoms. The molecular formula is C38H62O3. The summed E-state index contributed by atoms with van der Waals surface area (Å²) < 4.78 is 5.02. The number of allylic oxidation sites excluding steroid dienone is 1. The lowest BCUT2D eigenvalue weighted by Crippen LogP contribution is -2.50. The molecule has 0 aromatic heterocycles. The maximum absolute atomic E-state index is 10.2. The molecule has 2 N–H and O–H groups in total. The number of hydrogen-bond acceptors (Lipinski definition) is 3. The van der Waals surface area contributed by atoms with Crippen molar-refractivity contribution in [1.82, 2.24) is 0 Å². The molecule has 232 valence electrons. The number of hydrogen-bond donors (Lipinski definition) is 2. The molecule has 1 aromatic rings. The van der Waals surface area contributed by atoms with Gasteiger partial charge in [-0.2, -0.15) is 0 Å². The van der Waals surface area contributed by atoms with Crippen LogP contribution in [-0.2, 0) is 6.42 Å². The third-order valence-electron chi connectivity index (χ3n) is 12.4. The largest absolute Gasteiger partial charge is 0.504 e. The summed E-state index contributed by atoms with van der Waals surface area (Å²) in [5, 5.41) is 19.9. The van der Waals surface area contributed by atoms with Gasteiger partial charge in [0.1, 0.15) is 0 Å². The van der Waals surface area contributed by atoms with Crippen LogP contribution in [-0.4, -0.2) is 23.4 Å². The van der Waals surface area contributed by atoms with Crippen molar-refractivity contribution in [3.63, 3.8) is 0 Å². The van der Waals surface area contributed by atoms with Gasteiger partial charge in [-0.15, -0.1) is 0 Å². The van der Waals surface area contributed by atoms with Gasteiger partial charge in [0, 0.05) is 0 Å². The first-order chi connectivity index (χ1) is 19.5. The minimum Gasteiger partial charge on any atom is -0.504 e. The summed E-state index contributed by atoms with van der Waals surface area (Å²) in [5.74, 6) is 6.31. The lowest BCUT2D eigenvalue weighted by molar-refractivity contribution is -0.0573. The van der Waals surface area contributed by atoms with E-state index in [2.05, 4.69) is 47.6 Å². The fourth-order valence-electron chi connectivity index (χ4n) is 9.97. The van der Waals surface area contributed by atoms with Gasteiger partial charge in [-0.3, -0.25) is 0 Å². The van der Waals surface area contributed by atoms with Gasteiger partial charge in [0.25, 0.3) is 0 Å². The highest BCUT2D eigenvalue weighted by Gasteiger charge is 2.59. The summed E-state index contributed by atoms with van der Waals surface area (Å²) in [6, 6.07) is 5.61. The minimum absolute atomic E-state index is 0.0766. The lowest BCUT2D eigenvalue weighted by atomic mass is 9.47. The van der Waals surface area contributed by atoms with E-state index in [4.69, 9.17) is 4.74 Å². The summed E-state index contributed by atoms with van der Waals surface area (Å²) >= 11 is 0. The molecule has 0 saturated heterocycles. The lowest BCUT2D eigenvalue weighted by Gasteiger charge is -2.58. The normalized spacial score (nSPS) is 35.0. The Labute approximate surface area is 252 Å². The molecular weight excluding hydrogens is 504 g/mol. The SMILES string of the molecule is CC(C)CCC[C@@H](C)[C@H]1CC[C@H]2[C@@H]3CC=C4C[C@@H](O)CC[C@]4(C)[C@H]3CC[C@]12C.CCCCc1cccc(OC)c1O. The first-order valence-corrected chi connectivity index (χ1v) is 17.3. The van der Waals surface area contributed by atoms with Gasteiger partial charge in [0.2, 0.25) is 0 Å². The highest BCUT2D eigenvalue weighted by Crippen LogP contribution is 2.67. The van der Waals surface area contributed by atoms with Crippen LogP contribution < -0.4 is 4.74 Å². The van der Waals surface area contributed by atoms with Crippen LogP contribution in [0.25, 0.3) is 0 Å². The first-order valence-electron chi connectivity index (χ1n) is 17.3. The van der Waals surface area contributed by atoms with Crippen molar-refractivity contribution in [1.29, 1.82) is 0 Å². The predicted octanol–water partition coefficient (Wildman–Crippen LogP) is 10.1. The zero-order valence-electron chi connectivity index (χ0n) is 27.6. The average Bonchev–Trinajstić information content (AvgIpc) is 3.30. The van der Waals surface area contributed by atoms with E-state index < -0.39 is 0 Å². The van der Waals surface area contributed by atoms with Crippen LogP contribution in [0.5, 0.6) is 11.5 Å². The van der Waals surface area contributed by atoms with Crippen molar-refractivity contribution in [3.05, 3.63) is 35.4 Å². The van der Waals surface area contributed by atoms with E-state index in [1.54, 1.807) is 18.7 Å². The standard InChI is InChI=1S/C27H46O.C11H16O2/c1-18(2)7-6-8-19(3)23-11-12-24-22-10-9-20-17-21(28)13-15-26(20,4)25(22)14-16-27(23,24)5;1-3-4-6-9-7-5-8-10(13-2)11(9)12/h9,18-19,21-25,28H,6-8,10-17H2,1-5H3;5,7-8,12H,3-4,6H2,1-2H3/t19-,21+,22+,23-,24+,25+,26+,27-;/m1./s1. The van der Waals surface area contributed by atoms with Crippen molar-refractivity contribution in [2.24, 2.45) is 46.3 Å². The van der Waals surface area contributed by atoms with Gasteiger partial charge in [0.15, 0.2) is 11.5 Å². The Kier molecular flexibility index (Phi) is 11.0. The molecule has 0 bridgehead atoms. The summed E-state index contributed by atoms with van der Waals surface area (Å²) in [4.78, 5) is 0. The molecule has 0 spiro atoms. The van der Waals surface area contributed by atoms with E-state index in [1.807, 2.05) is 12.1 Å². The van der Waals surface area contributed by atoms with E-state index in [-0.39, 0.29) is 6.10 Å². The van der Waals surface area contributed by atoms with Crippen LogP contribution in [0.2, 0.25) is 0 Å². The summed E-state index contributed by atoms with van der Waals surface area (Å²) in [6.07, 6.45) is 20.3. The number of fused-ring (bicyclic) bond motifs is 5. The number of aliphatic hydroxyl groups excluding tert-OH is 1. The van der Waals surface area contributed by atoms with Crippen LogP contribution >= 0.6 is 0 Å². The van der Waals surface area contributed by atoms with Gasteiger partial charge in [-0.1, -0.05) is 91.0 Å². The second-order valence-corrected chi connectivity index (χ2v) is 15.3. The van der Waals surface area contributed by atoms with E-state index in [1.165, 1.54) is 57.8 Å². The number of aliphatic hydroxyl groups is 1. The topological polar surface area (TPSA) is 49.7 Å². The van der Waals surface area contributed by atoms with Gasteiger partial charge >= 0.3 is 0 Å². The number of para-hydroxylation sites is 1. The van der Waals surface area contributed by atoms with E-state index >= 15 is 0 Å². The number of rotatable bonds is 9. The average molecular weight is 567 g/mol. The zero-order valence-corrected chi connectivity index (χ0v) is 27.6. The second kappa shape index (κ2) is 13.9. The molecule has 3 fully saturated rings. The Morgan fingerprint density at radius 1 is 0.976 bits per heavy atom. The van der Waals surface area contributed by atoms with E-state index in [0.717, 1.165) is 73.2 Å². The van der Waals surface area contributed by atoms with Crippen LogP contribution in [0.15, 0.2) is 29.8 Å². The molecule has 0 aliphatic heterocycles. The Bertz CT molecular complexity index is 1010. The predicted molar refractivity (Wildman–Crippen MR) is 172 cm³/mol. The molecule has 3 heteroatoms. The number of phenolic OH excluding ortho intramolecular Hbond substituents is 1. The second-order valence-electron chi connectivity index (χ2n) is 15.3. The number of benzene rings is 1. The van der Waals surface area contributed by atoms with Crippen LogP contribution in [0.4, 0.5) is 0 Å². The number of methoxy groups -OCH3 is 1. The fourth-order valence-corrected chi connectivity index (χ4v) is 9.97. The first kappa shape index (κ1) is 32.4. The molecule has 0 heterocycles. The molecule has 4 aliphatic carbocycles. The number of unbranched alkanes of at least 4 members (excludes halogenated alkanes) is 1. The number of aromatic hydroxyl groups is 1. The molecule has 4 aliphatic rings. The Hall–Kier alpha value is -1.48. The molecule has 0 amide bonds. The highest BCUT2D eigenvalue weighted by atomic mass is 16.5. The summed E-state index contributed by atoms with van der Waals surface area (Å²) in [7, 11) is 1.57. The van der Waals surface area contributed by atoms with Crippen molar-refractivity contribution in [3.8, 4) is 11.5 Å². The van der Waals surface area contributed by atoms with E-state index in [0.29, 0.717) is 22.3 Å². The summed E-state index contributed by atoms with van der Waals surface area (Å²) in [6.45, 7) is 14.7. The maximum atomic E-state index is 10.2. The molecule has 0 radical (unpaired) electrons. The third-order valence-corrected chi connectivity index (χ3v) is 12.4. The van der Waals surface area contributed by atoms with E-state index in [9.17, 15) is 10.2 Å². The molecule has 3 nitrogen and oxygen atoms in total. The fraction of sp³-hybridized carbons (Fsp3) is 0.789. The van der Waals surface area contributed by atoms with Crippen molar-refractivity contribution >= 4 is 0 Å². The molecule has 1 aromatic carbocycles. The monoisotopic (exact) mass is 566 g/mol. The quantitative estimate of drug-likeness (QED) is 0.292. The summed E-state index contributed by atoms with van der Waals surface area (Å²) in [5.41, 5.74) is 3.58. The molecule has 0 unspecified atom stereocenters. The van der Waals surface area contributed by atoms with Crippen molar-refractivity contribution < 1.29 is 14.9 Å². The van der Waals surface area contributed by atoms with Gasteiger partial charge in [-0.05, 0) is 122 Å². The van der Waals surface area contributed by atoms with Gasteiger partial charge < -0.3 is 14.9 Å². The van der Waals surface area contributed by atoms with Crippen LogP contribution in [0.3, 0.4) is 0 Å². The highest BCUT2D eigenvalue weighted by molar-refractivity contribution is 5.45. The van der Waals surface area contributed by atoms with Crippen LogP contribution in [0, 0.1) is 46.3 Å². The minimum atomic E-state index is -0.0766. The zero-order chi connectivity index (χ0) is 29.8. The molecule has 5 rings (SSSR count). The van der Waals surface area contributed by atoms with Crippen LogP contribution in [0.1, 0.15) is 131 Å². The Balaban J connectivity index is 0.000000251. The molecule has 3 saturated carbocycles. The molecule has 8 atom stereocenters. The Morgan fingerprint density at radius 2 is 1.76 bits per heavy atom.